The number of anilines is 1. The highest BCUT2D eigenvalue weighted by Gasteiger charge is 2.10. The Bertz CT molecular complexity index is 982. The van der Waals surface area contributed by atoms with E-state index in [9.17, 15) is 9.59 Å². The summed E-state index contributed by atoms with van der Waals surface area (Å²) >= 11 is 3.14. The smallest absolute Gasteiger partial charge is 0.307 e. The number of hydrogen-bond acceptors (Lipinski definition) is 5. The van der Waals surface area contributed by atoms with E-state index in [-0.39, 0.29) is 11.7 Å². The van der Waals surface area contributed by atoms with Crippen LogP contribution in [0, 0.1) is 0 Å². The maximum atomic E-state index is 12.1. The number of carbonyl (C=O) groups is 2. The summed E-state index contributed by atoms with van der Waals surface area (Å²) in [6.07, 6.45) is 3.11. The Balaban J connectivity index is 1.62. The van der Waals surface area contributed by atoms with Crippen molar-refractivity contribution in [3.63, 3.8) is 0 Å². The third-order valence-electron chi connectivity index (χ3n) is 3.61. The van der Waals surface area contributed by atoms with Crippen LogP contribution in [0.15, 0.2) is 75.1 Å². The third kappa shape index (κ3) is 4.89. The summed E-state index contributed by atoms with van der Waals surface area (Å²) in [6, 6.07) is 13.7. The molecule has 3 rings (SSSR count). The van der Waals surface area contributed by atoms with Crippen LogP contribution in [0.3, 0.4) is 0 Å². The van der Waals surface area contributed by atoms with Crippen molar-refractivity contribution >= 4 is 39.1 Å². The van der Waals surface area contributed by atoms with Gasteiger partial charge in [-0.2, -0.15) is 5.10 Å². The molecule has 8 heteroatoms. The number of nitrogens with zero attached hydrogens (tertiary/aromatic N) is 2. The second-order valence-corrected chi connectivity index (χ2v) is 6.30. The summed E-state index contributed by atoms with van der Waals surface area (Å²) < 4.78 is 5.63. The Morgan fingerprint density at radius 1 is 1.04 bits per heavy atom. The molecule has 0 unspecified atom stereocenters. The van der Waals surface area contributed by atoms with Crippen LogP contribution in [0.4, 0.5) is 5.69 Å². The molecule has 0 saturated carbocycles. The highest BCUT2D eigenvalue weighted by molar-refractivity contribution is 9.10. The summed E-state index contributed by atoms with van der Waals surface area (Å²) in [5.74, 6) is -0.523. The monoisotopic (exact) mass is 426 g/mol. The fraction of sp³-hybridized carbons (Fsp3) is 0.0526. The Morgan fingerprint density at radius 3 is 2.44 bits per heavy atom. The largest absolute Gasteiger partial charge is 0.444 e. The lowest BCUT2D eigenvalue weighted by molar-refractivity contribution is 0.0925. The van der Waals surface area contributed by atoms with E-state index < -0.39 is 5.91 Å². The average Bonchev–Trinajstić information content (AvgIpc) is 3.13. The van der Waals surface area contributed by atoms with Gasteiger partial charge in [0.15, 0.2) is 10.4 Å². The number of hydrazone groups is 1. The van der Waals surface area contributed by atoms with E-state index in [1.54, 1.807) is 61.7 Å². The molecular formula is C19H15BrN4O3. The Morgan fingerprint density at radius 2 is 1.81 bits per heavy atom. The van der Waals surface area contributed by atoms with Crippen LogP contribution in [-0.2, 0) is 0 Å². The van der Waals surface area contributed by atoms with E-state index in [1.807, 2.05) is 0 Å². The molecule has 0 radical (unpaired) electrons. The lowest BCUT2D eigenvalue weighted by Gasteiger charge is -2.06. The van der Waals surface area contributed by atoms with Gasteiger partial charge in [0.1, 0.15) is 0 Å². The highest BCUT2D eigenvalue weighted by atomic mass is 79.9. The molecule has 7 nitrogen and oxygen atoms in total. The van der Waals surface area contributed by atoms with Gasteiger partial charge in [-0.3, -0.25) is 14.6 Å². The molecule has 0 aliphatic carbocycles. The Kier molecular flexibility index (Phi) is 5.77. The van der Waals surface area contributed by atoms with Crippen LogP contribution < -0.4 is 10.7 Å². The van der Waals surface area contributed by atoms with Gasteiger partial charge in [0.05, 0.1) is 11.3 Å². The Labute approximate surface area is 163 Å². The number of rotatable bonds is 5. The van der Waals surface area contributed by atoms with Crippen molar-refractivity contribution in [2.24, 2.45) is 5.10 Å². The predicted molar refractivity (Wildman–Crippen MR) is 105 cm³/mol. The van der Waals surface area contributed by atoms with Gasteiger partial charge in [0, 0.05) is 18.1 Å². The van der Waals surface area contributed by atoms with Crippen molar-refractivity contribution in [1.29, 1.82) is 0 Å². The zero-order chi connectivity index (χ0) is 19.2. The van der Waals surface area contributed by atoms with E-state index in [0.717, 1.165) is 5.56 Å². The first-order valence-corrected chi connectivity index (χ1v) is 8.74. The average molecular weight is 427 g/mol. The quantitative estimate of drug-likeness (QED) is 0.478. The molecule has 136 valence electrons. The van der Waals surface area contributed by atoms with Crippen molar-refractivity contribution in [3.8, 4) is 0 Å². The maximum absolute atomic E-state index is 12.1. The van der Waals surface area contributed by atoms with Crippen molar-refractivity contribution in [1.82, 2.24) is 10.4 Å². The maximum Gasteiger partial charge on any atom is 0.307 e. The second-order valence-electron chi connectivity index (χ2n) is 5.52. The van der Waals surface area contributed by atoms with Gasteiger partial charge in [-0.25, -0.2) is 5.43 Å². The molecule has 27 heavy (non-hydrogen) atoms. The van der Waals surface area contributed by atoms with Crippen LogP contribution in [0.5, 0.6) is 0 Å². The molecule has 0 bridgehead atoms. The van der Waals surface area contributed by atoms with Gasteiger partial charge in [-0.05, 0) is 64.8 Å². The van der Waals surface area contributed by atoms with Gasteiger partial charge in [-0.1, -0.05) is 12.1 Å². The second kappa shape index (κ2) is 8.41. The van der Waals surface area contributed by atoms with E-state index in [2.05, 4.69) is 36.8 Å². The number of furan rings is 1. The van der Waals surface area contributed by atoms with Gasteiger partial charge in [-0.15, -0.1) is 0 Å². The van der Waals surface area contributed by atoms with E-state index in [0.29, 0.717) is 21.6 Å². The van der Waals surface area contributed by atoms with Crippen LogP contribution in [0.1, 0.15) is 33.4 Å². The molecule has 2 N–H and O–H groups in total. The van der Waals surface area contributed by atoms with Crippen molar-refractivity contribution < 1.29 is 14.0 Å². The number of aromatic nitrogens is 1. The number of pyridine rings is 1. The summed E-state index contributed by atoms with van der Waals surface area (Å²) in [5.41, 5.74) is 4.97. The zero-order valence-electron chi connectivity index (χ0n) is 14.3. The number of carbonyl (C=O) groups excluding carboxylic acids is 2. The van der Waals surface area contributed by atoms with E-state index in [1.165, 1.54) is 6.20 Å². The lowest BCUT2D eigenvalue weighted by atomic mass is 10.1. The lowest BCUT2D eigenvalue weighted by Crippen LogP contribution is -2.18. The van der Waals surface area contributed by atoms with Crippen LogP contribution >= 0.6 is 15.9 Å². The zero-order valence-corrected chi connectivity index (χ0v) is 15.9. The van der Waals surface area contributed by atoms with Crippen molar-refractivity contribution in [2.75, 3.05) is 5.32 Å². The van der Waals surface area contributed by atoms with E-state index in [4.69, 9.17) is 4.42 Å². The van der Waals surface area contributed by atoms with Gasteiger partial charge in [0.2, 0.25) is 0 Å². The topological polar surface area (TPSA) is 96.6 Å². The molecule has 1 aromatic carbocycles. The molecule has 2 aromatic heterocycles. The molecule has 0 fully saturated rings. The number of halogens is 1. The van der Waals surface area contributed by atoms with Crippen molar-refractivity contribution in [2.45, 2.75) is 6.92 Å². The van der Waals surface area contributed by atoms with Gasteiger partial charge >= 0.3 is 5.91 Å². The summed E-state index contributed by atoms with van der Waals surface area (Å²) in [6.45, 7) is 1.77. The fourth-order valence-electron chi connectivity index (χ4n) is 2.19. The minimum Gasteiger partial charge on any atom is -0.444 e. The minimum atomic E-state index is -0.444. The normalized spacial score (nSPS) is 11.1. The summed E-state index contributed by atoms with van der Waals surface area (Å²) in [5, 5.41) is 6.86. The van der Waals surface area contributed by atoms with Crippen LogP contribution in [0.25, 0.3) is 0 Å². The predicted octanol–water partition coefficient (Wildman–Crippen LogP) is 3.84. The van der Waals surface area contributed by atoms with Crippen molar-refractivity contribution in [3.05, 3.63) is 82.5 Å². The molecule has 2 amide bonds. The van der Waals surface area contributed by atoms with Gasteiger partial charge < -0.3 is 9.73 Å². The first kappa shape index (κ1) is 18.5. The number of nitrogens with one attached hydrogen (secondary N) is 2. The molecule has 0 spiro atoms. The summed E-state index contributed by atoms with van der Waals surface area (Å²) in [7, 11) is 0. The molecule has 0 aliphatic heterocycles. The van der Waals surface area contributed by atoms with Gasteiger partial charge in [0.25, 0.3) is 5.91 Å². The SMILES string of the molecule is C/C(=N/NC(=O)c1ccc(Br)o1)c1ccc(NC(=O)c2cccnc2)cc1. The minimum absolute atomic E-state index is 0.159. The number of amides is 2. The third-order valence-corrected chi connectivity index (χ3v) is 4.03. The fourth-order valence-corrected chi connectivity index (χ4v) is 2.49. The molecule has 0 aliphatic rings. The Hall–Kier alpha value is -3.26. The molecule has 3 aromatic rings. The molecule has 0 atom stereocenters. The molecular weight excluding hydrogens is 412 g/mol. The van der Waals surface area contributed by atoms with Crippen LogP contribution in [-0.4, -0.2) is 22.5 Å². The first-order valence-electron chi connectivity index (χ1n) is 7.95. The summed E-state index contributed by atoms with van der Waals surface area (Å²) in [4.78, 5) is 28.0. The highest BCUT2D eigenvalue weighted by Crippen LogP contribution is 2.14. The van der Waals surface area contributed by atoms with Crippen LogP contribution in [0.2, 0.25) is 0 Å². The molecule has 2 heterocycles. The first-order chi connectivity index (χ1) is 13.0. The van der Waals surface area contributed by atoms with E-state index >= 15 is 0 Å². The standard InChI is InChI=1S/C19H15BrN4O3/c1-12(23-24-19(26)16-8-9-17(20)27-16)13-4-6-15(7-5-13)22-18(25)14-3-2-10-21-11-14/h2-11H,1H3,(H,22,25)(H,24,26)/b23-12-. The number of benzene rings is 1. The number of hydrogen-bond donors (Lipinski definition) is 2. The molecule has 0 saturated heterocycles.